The van der Waals surface area contributed by atoms with Gasteiger partial charge in [0.2, 0.25) is 10.0 Å². The molecule has 9 heteroatoms. The quantitative estimate of drug-likeness (QED) is 0.795. The lowest BCUT2D eigenvalue weighted by Gasteiger charge is -2.30. The van der Waals surface area contributed by atoms with Crippen molar-refractivity contribution in [1.82, 2.24) is 9.62 Å². The van der Waals surface area contributed by atoms with Crippen molar-refractivity contribution < 1.29 is 22.7 Å². The van der Waals surface area contributed by atoms with E-state index in [1.165, 1.54) is 22.5 Å². The predicted molar refractivity (Wildman–Crippen MR) is 101 cm³/mol. The summed E-state index contributed by atoms with van der Waals surface area (Å²) in [5.41, 5.74) is 0.227. The van der Waals surface area contributed by atoms with Crippen molar-refractivity contribution in [3.05, 3.63) is 28.8 Å². The van der Waals surface area contributed by atoms with Gasteiger partial charge in [-0.05, 0) is 43.9 Å². The smallest absolute Gasteiger partial charge is 0.251 e. The molecule has 0 aromatic heterocycles. The Bertz CT molecular complexity index is 808. The van der Waals surface area contributed by atoms with Crippen molar-refractivity contribution in [1.29, 1.82) is 0 Å². The molecule has 7 nitrogen and oxygen atoms in total. The number of amides is 1. The van der Waals surface area contributed by atoms with E-state index in [2.05, 4.69) is 5.32 Å². The number of rotatable bonds is 5. The molecule has 0 unspecified atom stereocenters. The Morgan fingerprint density at radius 1 is 1.37 bits per heavy atom. The highest BCUT2D eigenvalue weighted by atomic mass is 35.5. The molecule has 27 heavy (non-hydrogen) atoms. The van der Waals surface area contributed by atoms with Crippen LogP contribution in [0, 0.1) is 5.92 Å². The molecule has 2 fully saturated rings. The Kier molecular flexibility index (Phi) is 6.12. The minimum Gasteiger partial charge on any atom is -0.347 e. The number of sulfonamides is 1. The first-order chi connectivity index (χ1) is 12.7. The third-order valence-corrected chi connectivity index (χ3v) is 7.25. The van der Waals surface area contributed by atoms with Crippen molar-refractivity contribution in [2.24, 2.45) is 5.92 Å². The van der Waals surface area contributed by atoms with Crippen LogP contribution in [0.3, 0.4) is 0 Å². The number of nitrogens with one attached hydrogen (secondary N) is 1. The summed E-state index contributed by atoms with van der Waals surface area (Å²) in [7, 11) is -3.75. The monoisotopic (exact) mass is 416 g/mol. The molecule has 1 aromatic carbocycles. The number of nitrogens with zero attached hydrogens (tertiary/aromatic N) is 1. The van der Waals surface area contributed by atoms with Crippen LogP contribution in [0.25, 0.3) is 0 Å². The van der Waals surface area contributed by atoms with Gasteiger partial charge in [0.25, 0.3) is 5.91 Å². The predicted octanol–water partition coefficient (Wildman–Crippen LogP) is 2.25. The van der Waals surface area contributed by atoms with Gasteiger partial charge >= 0.3 is 0 Å². The van der Waals surface area contributed by atoms with Crippen LogP contribution in [0.4, 0.5) is 0 Å². The van der Waals surface area contributed by atoms with Crippen molar-refractivity contribution >= 4 is 27.5 Å². The number of hydrogen-bond donors (Lipinski definition) is 1. The maximum Gasteiger partial charge on any atom is 0.251 e. The largest absolute Gasteiger partial charge is 0.347 e. The number of carbonyl (C=O) groups excluding carboxylic acids is 1. The van der Waals surface area contributed by atoms with E-state index in [0.29, 0.717) is 32.2 Å². The molecule has 2 heterocycles. The third kappa shape index (κ3) is 4.63. The molecule has 0 bridgehead atoms. The molecule has 1 atom stereocenters. The molecular formula is C18H25ClN2O5S. The minimum absolute atomic E-state index is 0.0366. The van der Waals surface area contributed by atoms with Gasteiger partial charge in [0, 0.05) is 18.7 Å². The molecule has 0 spiro atoms. The molecule has 2 saturated heterocycles. The topological polar surface area (TPSA) is 84.9 Å². The summed E-state index contributed by atoms with van der Waals surface area (Å²) in [6.45, 7) is 5.82. The molecule has 0 aliphatic carbocycles. The lowest BCUT2D eigenvalue weighted by molar-refractivity contribution is -0.136. The van der Waals surface area contributed by atoms with Crippen molar-refractivity contribution in [2.45, 2.75) is 37.4 Å². The molecular weight excluding hydrogens is 392 g/mol. The Hall–Kier alpha value is -1.19. The average Bonchev–Trinajstić information content (AvgIpc) is 3.07. The standard InChI is InChI=1S/C18H25ClN2O5S/c1-13-4-3-7-21(11-13)27(23,24)16-10-14(5-6-15(16)19)17(22)20-12-18(2)25-8-9-26-18/h5-6,10,13H,3-4,7-9,11-12H2,1-2H3,(H,20,22)/t13-/m1/s1. The zero-order chi connectivity index (χ0) is 19.7. The van der Waals surface area contributed by atoms with E-state index < -0.39 is 21.7 Å². The minimum atomic E-state index is -3.75. The Morgan fingerprint density at radius 2 is 2.07 bits per heavy atom. The van der Waals surface area contributed by atoms with Crippen molar-refractivity contribution in [3.63, 3.8) is 0 Å². The first-order valence-electron chi connectivity index (χ1n) is 9.07. The maximum absolute atomic E-state index is 13.0. The van der Waals surface area contributed by atoms with Gasteiger partial charge in [-0.25, -0.2) is 8.42 Å². The second kappa shape index (κ2) is 8.05. The van der Waals surface area contributed by atoms with Gasteiger partial charge in [-0.2, -0.15) is 4.31 Å². The lowest BCUT2D eigenvalue weighted by atomic mass is 10.0. The molecule has 2 aliphatic rings. The SMILES string of the molecule is C[C@@H]1CCCN(S(=O)(=O)c2cc(C(=O)NCC3(C)OCCO3)ccc2Cl)C1. The van der Waals surface area contributed by atoms with E-state index in [-0.39, 0.29) is 22.0 Å². The fourth-order valence-corrected chi connectivity index (χ4v) is 5.45. The van der Waals surface area contributed by atoms with Crippen LogP contribution in [0.15, 0.2) is 23.1 Å². The number of ether oxygens (including phenoxy) is 2. The fourth-order valence-electron chi connectivity index (χ4n) is 3.35. The molecule has 0 radical (unpaired) electrons. The first kappa shape index (κ1) is 20.5. The van der Waals surface area contributed by atoms with Crippen LogP contribution >= 0.6 is 11.6 Å². The van der Waals surface area contributed by atoms with Gasteiger partial charge in [0.1, 0.15) is 4.90 Å². The molecule has 150 valence electrons. The number of benzene rings is 1. The normalized spacial score (nSPS) is 23.3. The van der Waals surface area contributed by atoms with E-state index in [9.17, 15) is 13.2 Å². The Labute approximate surface area is 165 Å². The van der Waals surface area contributed by atoms with E-state index in [1.54, 1.807) is 6.92 Å². The van der Waals surface area contributed by atoms with Gasteiger partial charge in [0.15, 0.2) is 5.79 Å². The van der Waals surface area contributed by atoms with Gasteiger partial charge in [-0.1, -0.05) is 18.5 Å². The molecule has 1 aromatic rings. The van der Waals surface area contributed by atoms with Crippen molar-refractivity contribution in [2.75, 3.05) is 32.8 Å². The van der Waals surface area contributed by atoms with E-state index >= 15 is 0 Å². The van der Waals surface area contributed by atoms with Crippen LogP contribution in [-0.4, -0.2) is 57.3 Å². The van der Waals surface area contributed by atoms with Gasteiger partial charge < -0.3 is 14.8 Å². The number of carbonyl (C=O) groups is 1. The molecule has 0 saturated carbocycles. The van der Waals surface area contributed by atoms with Crippen LogP contribution in [0.1, 0.15) is 37.0 Å². The van der Waals surface area contributed by atoms with E-state index in [4.69, 9.17) is 21.1 Å². The zero-order valence-electron chi connectivity index (χ0n) is 15.5. The summed E-state index contributed by atoms with van der Waals surface area (Å²) < 4.78 is 38.4. The summed E-state index contributed by atoms with van der Waals surface area (Å²) in [6.07, 6.45) is 1.82. The highest BCUT2D eigenvalue weighted by Gasteiger charge is 2.33. The number of piperidine rings is 1. The summed E-state index contributed by atoms with van der Waals surface area (Å²) in [4.78, 5) is 12.5. The van der Waals surface area contributed by atoms with Gasteiger partial charge in [-0.15, -0.1) is 0 Å². The fraction of sp³-hybridized carbons (Fsp3) is 0.611. The maximum atomic E-state index is 13.0. The number of hydrogen-bond acceptors (Lipinski definition) is 5. The second-order valence-corrected chi connectivity index (χ2v) is 9.58. The highest BCUT2D eigenvalue weighted by molar-refractivity contribution is 7.89. The molecule has 1 amide bonds. The Balaban J connectivity index is 1.78. The molecule has 1 N–H and O–H groups in total. The molecule has 2 aliphatic heterocycles. The molecule has 3 rings (SSSR count). The van der Waals surface area contributed by atoms with Gasteiger partial charge in [0.05, 0.1) is 24.8 Å². The van der Waals surface area contributed by atoms with E-state index in [0.717, 1.165) is 12.8 Å². The van der Waals surface area contributed by atoms with Crippen LogP contribution in [-0.2, 0) is 19.5 Å². The van der Waals surface area contributed by atoms with Crippen LogP contribution < -0.4 is 5.32 Å². The summed E-state index contributed by atoms with van der Waals surface area (Å²) in [5.74, 6) is -0.970. The van der Waals surface area contributed by atoms with Gasteiger partial charge in [-0.3, -0.25) is 4.79 Å². The number of halogens is 1. The first-order valence-corrected chi connectivity index (χ1v) is 10.9. The summed E-state index contributed by atoms with van der Waals surface area (Å²) in [5, 5.41) is 2.84. The summed E-state index contributed by atoms with van der Waals surface area (Å²) >= 11 is 6.17. The third-order valence-electron chi connectivity index (χ3n) is 4.90. The zero-order valence-corrected chi connectivity index (χ0v) is 17.1. The lowest BCUT2D eigenvalue weighted by Crippen LogP contribution is -2.41. The second-order valence-electron chi connectivity index (χ2n) is 7.27. The Morgan fingerprint density at radius 3 is 2.74 bits per heavy atom. The van der Waals surface area contributed by atoms with Crippen molar-refractivity contribution in [3.8, 4) is 0 Å². The summed E-state index contributed by atoms with van der Waals surface area (Å²) in [6, 6.07) is 4.29. The van der Waals surface area contributed by atoms with Crippen LogP contribution in [0.5, 0.6) is 0 Å². The average molecular weight is 417 g/mol. The van der Waals surface area contributed by atoms with Crippen LogP contribution in [0.2, 0.25) is 5.02 Å². The van der Waals surface area contributed by atoms with E-state index in [1.807, 2.05) is 6.92 Å². The highest BCUT2D eigenvalue weighted by Crippen LogP contribution is 2.29.